The summed E-state index contributed by atoms with van der Waals surface area (Å²) in [6.07, 6.45) is 5.15. The van der Waals surface area contributed by atoms with E-state index < -0.39 is 0 Å². The van der Waals surface area contributed by atoms with Crippen molar-refractivity contribution < 1.29 is 4.79 Å². The molecule has 1 saturated carbocycles. The normalized spacial score (nSPS) is 20.0. The van der Waals surface area contributed by atoms with Crippen molar-refractivity contribution in [1.29, 1.82) is 0 Å². The fourth-order valence-corrected chi connectivity index (χ4v) is 1.88. The predicted octanol–water partition coefficient (Wildman–Crippen LogP) is 1.28. The first-order valence-corrected chi connectivity index (χ1v) is 5.64. The molecule has 1 aliphatic carbocycles. The first-order chi connectivity index (χ1) is 6.61. The van der Waals surface area contributed by atoms with Gasteiger partial charge in [0.15, 0.2) is 0 Å². The standard InChI is InChI=1S/C11H22N2O/c1-8(2)10(12)11(14)13-7-9-5-3-4-6-9/h8-10H,3-7,12H2,1-2H3,(H,13,14). The van der Waals surface area contributed by atoms with E-state index in [9.17, 15) is 4.79 Å². The summed E-state index contributed by atoms with van der Waals surface area (Å²) in [5.74, 6) is 0.920. The molecule has 14 heavy (non-hydrogen) atoms. The molecule has 1 rings (SSSR count). The largest absolute Gasteiger partial charge is 0.354 e. The second-order valence-corrected chi connectivity index (χ2v) is 4.67. The Hall–Kier alpha value is -0.570. The lowest BCUT2D eigenvalue weighted by atomic mass is 10.0. The molecule has 1 amide bonds. The van der Waals surface area contributed by atoms with Crippen LogP contribution in [0.2, 0.25) is 0 Å². The summed E-state index contributed by atoms with van der Waals surface area (Å²) in [6, 6.07) is -0.351. The third-order valence-electron chi connectivity index (χ3n) is 3.06. The molecule has 1 atom stereocenters. The number of amides is 1. The van der Waals surface area contributed by atoms with Crippen molar-refractivity contribution in [3.05, 3.63) is 0 Å². The predicted molar refractivity (Wildman–Crippen MR) is 57.8 cm³/mol. The van der Waals surface area contributed by atoms with E-state index >= 15 is 0 Å². The van der Waals surface area contributed by atoms with Crippen LogP contribution in [0.25, 0.3) is 0 Å². The number of hydrogen-bond acceptors (Lipinski definition) is 2. The number of hydrogen-bond donors (Lipinski definition) is 2. The van der Waals surface area contributed by atoms with Crippen LogP contribution < -0.4 is 11.1 Å². The van der Waals surface area contributed by atoms with Gasteiger partial charge in [-0.15, -0.1) is 0 Å². The van der Waals surface area contributed by atoms with Gasteiger partial charge in [0.05, 0.1) is 6.04 Å². The molecule has 1 unspecified atom stereocenters. The molecule has 0 aromatic heterocycles. The van der Waals surface area contributed by atoms with Crippen LogP contribution in [0.5, 0.6) is 0 Å². The minimum absolute atomic E-state index is 0.00639. The summed E-state index contributed by atoms with van der Waals surface area (Å²) >= 11 is 0. The van der Waals surface area contributed by atoms with Crippen molar-refractivity contribution in [2.45, 2.75) is 45.6 Å². The molecule has 1 fully saturated rings. The first kappa shape index (κ1) is 11.5. The maximum Gasteiger partial charge on any atom is 0.237 e. The minimum Gasteiger partial charge on any atom is -0.354 e. The lowest BCUT2D eigenvalue weighted by molar-refractivity contribution is -0.123. The Bertz CT molecular complexity index is 186. The molecule has 0 bridgehead atoms. The molecule has 3 heteroatoms. The maximum atomic E-state index is 11.5. The van der Waals surface area contributed by atoms with Crippen molar-refractivity contribution >= 4 is 5.91 Å². The summed E-state index contributed by atoms with van der Waals surface area (Å²) in [5.41, 5.74) is 5.73. The Kier molecular flexibility index (Phi) is 4.39. The zero-order valence-electron chi connectivity index (χ0n) is 9.25. The van der Waals surface area contributed by atoms with E-state index in [4.69, 9.17) is 5.73 Å². The zero-order valence-corrected chi connectivity index (χ0v) is 9.25. The van der Waals surface area contributed by atoms with E-state index in [0.29, 0.717) is 5.92 Å². The molecule has 0 aromatic carbocycles. The number of nitrogens with one attached hydrogen (secondary N) is 1. The second kappa shape index (κ2) is 5.35. The fraction of sp³-hybridized carbons (Fsp3) is 0.909. The highest BCUT2D eigenvalue weighted by Crippen LogP contribution is 2.23. The Morgan fingerprint density at radius 3 is 2.50 bits per heavy atom. The molecule has 0 heterocycles. The van der Waals surface area contributed by atoms with Gasteiger partial charge in [-0.1, -0.05) is 26.7 Å². The van der Waals surface area contributed by atoms with Crippen molar-refractivity contribution in [3.8, 4) is 0 Å². The minimum atomic E-state index is -0.351. The Morgan fingerprint density at radius 2 is 2.00 bits per heavy atom. The Balaban J connectivity index is 2.19. The number of rotatable bonds is 4. The van der Waals surface area contributed by atoms with E-state index in [1.807, 2.05) is 13.8 Å². The van der Waals surface area contributed by atoms with Crippen molar-refractivity contribution in [2.75, 3.05) is 6.54 Å². The van der Waals surface area contributed by atoms with Gasteiger partial charge in [-0.05, 0) is 24.7 Å². The number of carbonyl (C=O) groups excluding carboxylic acids is 1. The Morgan fingerprint density at radius 1 is 1.43 bits per heavy atom. The molecular formula is C11H22N2O. The highest BCUT2D eigenvalue weighted by molar-refractivity contribution is 5.81. The molecule has 3 nitrogen and oxygen atoms in total. The summed E-state index contributed by atoms with van der Waals surface area (Å²) in [4.78, 5) is 11.5. The molecular weight excluding hydrogens is 176 g/mol. The Labute approximate surface area is 86.4 Å². The third kappa shape index (κ3) is 3.29. The van der Waals surface area contributed by atoms with Gasteiger partial charge in [0.25, 0.3) is 0 Å². The molecule has 0 spiro atoms. The first-order valence-electron chi connectivity index (χ1n) is 5.64. The summed E-state index contributed by atoms with van der Waals surface area (Å²) in [5, 5.41) is 2.94. The zero-order chi connectivity index (χ0) is 10.6. The van der Waals surface area contributed by atoms with E-state index in [0.717, 1.165) is 6.54 Å². The van der Waals surface area contributed by atoms with Gasteiger partial charge < -0.3 is 11.1 Å². The van der Waals surface area contributed by atoms with E-state index in [-0.39, 0.29) is 17.9 Å². The van der Waals surface area contributed by atoms with Crippen LogP contribution in [0, 0.1) is 11.8 Å². The van der Waals surface area contributed by atoms with Crippen LogP contribution in [-0.2, 0) is 4.79 Å². The van der Waals surface area contributed by atoms with Gasteiger partial charge in [0.2, 0.25) is 5.91 Å². The van der Waals surface area contributed by atoms with Crippen LogP contribution in [0.1, 0.15) is 39.5 Å². The van der Waals surface area contributed by atoms with Crippen LogP contribution in [0.15, 0.2) is 0 Å². The van der Waals surface area contributed by atoms with Crippen molar-refractivity contribution in [1.82, 2.24) is 5.32 Å². The SMILES string of the molecule is CC(C)C(N)C(=O)NCC1CCCC1. The van der Waals surface area contributed by atoms with Crippen LogP contribution in [0.3, 0.4) is 0 Å². The molecule has 1 aliphatic rings. The fourth-order valence-electron chi connectivity index (χ4n) is 1.88. The molecule has 0 radical (unpaired) electrons. The lowest BCUT2D eigenvalue weighted by Gasteiger charge is -2.17. The van der Waals surface area contributed by atoms with Crippen LogP contribution >= 0.6 is 0 Å². The van der Waals surface area contributed by atoms with E-state index in [1.54, 1.807) is 0 Å². The highest BCUT2D eigenvalue weighted by atomic mass is 16.2. The molecule has 82 valence electrons. The number of nitrogens with two attached hydrogens (primary N) is 1. The molecule has 0 aliphatic heterocycles. The van der Waals surface area contributed by atoms with Gasteiger partial charge in [-0.2, -0.15) is 0 Å². The average molecular weight is 198 g/mol. The smallest absolute Gasteiger partial charge is 0.237 e. The van der Waals surface area contributed by atoms with Crippen LogP contribution in [-0.4, -0.2) is 18.5 Å². The van der Waals surface area contributed by atoms with Gasteiger partial charge >= 0.3 is 0 Å². The van der Waals surface area contributed by atoms with Gasteiger partial charge in [-0.25, -0.2) is 0 Å². The van der Waals surface area contributed by atoms with Crippen LogP contribution in [0.4, 0.5) is 0 Å². The van der Waals surface area contributed by atoms with Crippen molar-refractivity contribution in [3.63, 3.8) is 0 Å². The van der Waals surface area contributed by atoms with E-state index in [1.165, 1.54) is 25.7 Å². The van der Waals surface area contributed by atoms with Gasteiger partial charge in [0.1, 0.15) is 0 Å². The molecule has 3 N–H and O–H groups in total. The molecule has 0 saturated heterocycles. The monoisotopic (exact) mass is 198 g/mol. The quantitative estimate of drug-likeness (QED) is 0.715. The van der Waals surface area contributed by atoms with E-state index in [2.05, 4.69) is 5.32 Å². The molecule has 0 aromatic rings. The lowest BCUT2D eigenvalue weighted by Crippen LogP contribution is -2.45. The van der Waals surface area contributed by atoms with Gasteiger partial charge in [0, 0.05) is 6.54 Å². The van der Waals surface area contributed by atoms with Crippen molar-refractivity contribution in [2.24, 2.45) is 17.6 Å². The third-order valence-corrected chi connectivity index (χ3v) is 3.06. The highest BCUT2D eigenvalue weighted by Gasteiger charge is 2.19. The summed E-state index contributed by atoms with van der Waals surface area (Å²) in [6.45, 7) is 4.76. The van der Waals surface area contributed by atoms with Gasteiger partial charge in [-0.3, -0.25) is 4.79 Å². The maximum absolute atomic E-state index is 11.5. The average Bonchev–Trinajstić information content (AvgIpc) is 2.65. The number of carbonyl (C=O) groups is 1. The second-order valence-electron chi connectivity index (χ2n) is 4.67. The summed E-state index contributed by atoms with van der Waals surface area (Å²) < 4.78 is 0. The summed E-state index contributed by atoms with van der Waals surface area (Å²) in [7, 11) is 0. The topological polar surface area (TPSA) is 55.1 Å².